The largest absolute Gasteiger partial charge is 0.480 e. The van der Waals surface area contributed by atoms with Crippen LogP contribution < -0.4 is 0 Å². The second-order valence-electron chi connectivity index (χ2n) is 7.01. The zero-order chi connectivity index (χ0) is 18.9. The van der Waals surface area contributed by atoms with Gasteiger partial charge < -0.3 is 10.0 Å². The molecule has 1 aliphatic carbocycles. The quantitative estimate of drug-likeness (QED) is 0.808. The smallest absolute Gasteiger partial charge is 0.326 e. The van der Waals surface area contributed by atoms with Crippen molar-refractivity contribution in [1.29, 1.82) is 0 Å². The second kappa shape index (κ2) is 7.36. The van der Waals surface area contributed by atoms with Crippen molar-refractivity contribution in [2.24, 2.45) is 5.92 Å². The fourth-order valence-electron chi connectivity index (χ4n) is 3.47. The van der Waals surface area contributed by atoms with Gasteiger partial charge in [-0.1, -0.05) is 18.2 Å². The summed E-state index contributed by atoms with van der Waals surface area (Å²) in [6.45, 7) is 1.99. The normalized spacial score (nSPS) is 22.6. The van der Waals surface area contributed by atoms with Crippen molar-refractivity contribution in [2.75, 3.05) is 13.1 Å². The van der Waals surface area contributed by atoms with Crippen LogP contribution in [0.1, 0.15) is 32.6 Å². The topological polar surface area (TPSA) is 95.0 Å². The molecule has 26 heavy (non-hydrogen) atoms. The van der Waals surface area contributed by atoms with Gasteiger partial charge in [-0.2, -0.15) is 4.31 Å². The van der Waals surface area contributed by atoms with E-state index in [1.165, 1.54) is 16.1 Å². The lowest BCUT2D eigenvalue weighted by atomic mass is 9.97. The molecule has 7 nitrogen and oxygen atoms in total. The number of sulfonamides is 1. The molecular weight excluding hydrogens is 356 g/mol. The number of carboxylic acid groups (broad SMARTS) is 1. The van der Waals surface area contributed by atoms with Gasteiger partial charge in [0.25, 0.3) is 0 Å². The SMILES string of the molecule is CC(C(=O)O)N(C(=O)C1CCCN(S(=O)(=O)c2ccccc2)C1)C1CC1. The predicted molar refractivity (Wildman–Crippen MR) is 94.9 cm³/mol. The number of nitrogens with zero attached hydrogens (tertiary/aromatic N) is 2. The number of amides is 1. The Kier molecular flexibility index (Phi) is 5.34. The lowest BCUT2D eigenvalue weighted by molar-refractivity contribution is -0.152. The molecule has 142 valence electrons. The van der Waals surface area contributed by atoms with Gasteiger partial charge in [0.2, 0.25) is 15.9 Å². The van der Waals surface area contributed by atoms with E-state index in [1.807, 2.05) is 0 Å². The first kappa shape index (κ1) is 18.8. The molecule has 2 atom stereocenters. The first-order valence-electron chi connectivity index (χ1n) is 8.92. The van der Waals surface area contributed by atoms with Crippen molar-refractivity contribution < 1.29 is 23.1 Å². The molecule has 3 rings (SSSR count). The van der Waals surface area contributed by atoms with Gasteiger partial charge in [0.1, 0.15) is 6.04 Å². The monoisotopic (exact) mass is 380 g/mol. The summed E-state index contributed by atoms with van der Waals surface area (Å²) in [7, 11) is -3.65. The second-order valence-corrected chi connectivity index (χ2v) is 8.94. The van der Waals surface area contributed by atoms with Crippen LogP contribution in [0.2, 0.25) is 0 Å². The molecule has 1 saturated carbocycles. The van der Waals surface area contributed by atoms with Crippen LogP contribution in [0.25, 0.3) is 0 Å². The maximum Gasteiger partial charge on any atom is 0.326 e. The number of carbonyl (C=O) groups is 2. The number of hydrogen-bond donors (Lipinski definition) is 1. The maximum absolute atomic E-state index is 13.0. The van der Waals surface area contributed by atoms with Crippen LogP contribution in [0.4, 0.5) is 0 Å². The number of aliphatic carboxylic acids is 1. The molecule has 0 bridgehead atoms. The number of benzene rings is 1. The molecule has 1 aromatic carbocycles. The summed E-state index contributed by atoms with van der Waals surface area (Å²) in [6.07, 6.45) is 2.78. The summed E-state index contributed by atoms with van der Waals surface area (Å²) < 4.78 is 27.0. The van der Waals surface area contributed by atoms with E-state index in [4.69, 9.17) is 0 Å². The molecule has 2 fully saturated rings. The summed E-state index contributed by atoms with van der Waals surface area (Å²) in [5, 5.41) is 9.31. The molecule has 1 saturated heterocycles. The number of hydrogen-bond acceptors (Lipinski definition) is 4. The number of rotatable bonds is 6. The van der Waals surface area contributed by atoms with Gasteiger partial charge in [-0.15, -0.1) is 0 Å². The van der Waals surface area contributed by atoms with E-state index < -0.39 is 28.0 Å². The third kappa shape index (κ3) is 3.76. The van der Waals surface area contributed by atoms with E-state index in [0.717, 1.165) is 12.8 Å². The Hall–Kier alpha value is -1.93. The van der Waals surface area contributed by atoms with E-state index >= 15 is 0 Å². The van der Waals surface area contributed by atoms with E-state index in [2.05, 4.69) is 0 Å². The highest BCUT2D eigenvalue weighted by molar-refractivity contribution is 7.89. The van der Waals surface area contributed by atoms with Gasteiger partial charge in [0, 0.05) is 19.1 Å². The van der Waals surface area contributed by atoms with E-state index in [1.54, 1.807) is 30.3 Å². The minimum absolute atomic E-state index is 0.0327. The summed E-state index contributed by atoms with van der Waals surface area (Å²) >= 11 is 0. The third-order valence-electron chi connectivity index (χ3n) is 5.08. The molecule has 0 aromatic heterocycles. The van der Waals surface area contributed by atoms with Crippen LogP contribution in [0.5, 0.6) is 0 Å². The Morgan fingerprint density at radius 1 is 1.19 bits per heavy atom. The van der Waals surface area contributed by atoms with Crippen molar-refractivity contribution in [1.82, 2.24) is 9.21 Å². The highest BCUT2D eigenvalue weighted by Gasteiger charge is 2.43. The molecule has 0 radical (unpaired) electrons. The van der Waals surface area contributed by atoms with Gasteiger partial charge in [-0.3, -0.25) is 4.79 Å². The van der Waals surface area contributed by atoms with Crippen LogP contribution in [-0.4, -0.2) is 59.8 Å². The maximum atomic E-state index is 13.0. The zero-order valence-corrected chi connectivity index (χ0v) is 15.6. The third-order valence-corrected chi connectivity index (χ3v) is 6.96. The van der Waals surface area contributed by atoms with E-state index in [9.17, 15) is 23.1 Å². The molecule has 2 aliphatic rings. The van der Waals surface area contributed by atoms with Crippen molar-refractivity contribution in [3.63, 3.8) is 0 Å². The Morgan fingerprint density at radius 3 is 2.42 bits per heavy atom. The highest BCUT2D eigenvalue weighted by Crippen LogP contribution is 2.32. The van der Waals surface area contributed by atoms with Crippen molar-refractivity contribution >= 4 is 21.9 Å². The van der Waals surface area contributed by atoms with Gasteiger partial charge in [0.05, 0.1) is 10.8 Å². The Bertz CT molecular complexity index is 776. The Balaban J connectivity index is 1.77. The molecular formula is C18H24N2O5S. The average molecular weight is 380 g/mol. The van der Waals surface area contributed by atoms with Gasteiger partial charge in [-0.05, 0) is 44.7 Å². The summed E-state index contributed by atoms with van der Waals surface area (Å²) in [4.78, 5) is 26.0. The van der Waals surface area contributed by atoms with Crippen LogP contribution in [0.3, 0.4) is 0 Å². The highest BCUT2D eigenvalue weighted by atomic mass is 32.2. The van der Waals surface area contributed by atoms with Crippen LogP contribution in [0.15, 0.2) is 35.2 Å². The lowest BCUT2D eigenvalue weighted by Gasteiger charge is -2.35. The summed E-state index contributed by atoms with van der Waals surface area (Å²) in [5.74, 6) is -1.77. The van der Waals surface area contributed by atoms with Gasteiger partial charge >= 0.3 is 5.97 Å². The zero-order valence-electron chi connectivity index (χ0n) is 14.7. The molecule has 0 spiro atoms. The molecule has 8 heteroatoms. The number of carbonyl (C=O) groups excluding carboxylic acids is 1. The fourth-order valence-corrected chi connectivity index (χ4v) is 5.02. The first-order chi connectivity index (χ1) is 12.3. The summed E-state index contributed by atoms with van der Waals surface area (Å²) in [6, 6.07) is 7.26. The standard InChI is InChI=1S/C18H24N2O5S/c1-13(18(22)23)20(15-9-10-15)17(21)14-6-5-11-19(12-14)26(24,25)16-7-3-2-4-8-16/h2-4,7-8,13-15H,5-6,9-12H2,1H3,(H,22,23). The number of carboxylic acids is 1. The Labute approximate surface area is 153 Å². The fraction of sp³-hybridized carbons (Fsp3) is 0.556. The lowest BCUT2D eigenvalue weighted by Crippen LogP contribution is -2.51. The first-order valence-corrected chi connectivity index (χ1v) is 10.4. The van der Waals surface area contributed by atoms with Crippen molar-refractivity contribution in [3.8, 4) is 0 Å². The van der Waals surface area contributed by atoms with Crippen LogP contribution >= 0.6 is 0 Å². The number of piperidine rings is 1. The molecule has 1 heterocycles. The minimum atomic E-state index is -3.65. The minimum Gasteiger partial charge on any atom is -0.480 e. The summed E-state index contributed by atoms with van der Waals surface area (Å²) in [5.41, 5.74) is 0. The predicted octanol–water partition coefficient (Wildman–Crippen LogP) is 1.55. The average Bonchev–Trinajstić information content (AvgIpc) is 3.47. The van der Waals surface area contributed by atoms with E-state index in [0.29, 0.717) is 19.4 Å². The molecule has 1 N–H and O–H groups in total. The van der Waals surface area contributed by atoms with Gasteiger partial charge in [-0.25, -0.2) is 13.2 Å². The molecule has 1 aromatic rings. The van der Waals surface area contributed by atoms with Gasteiger partial charge in [0.15, 0.2) is 0 Å². The van der Waals surface area contributed by atoms with Crippen LogP contribution in [-0.2, 0) is 19.6 Å². The molecule has 2 unspecified atom stereocenters. The Morgan fingerprint density at radius 2 is 1.85 bits per heavy atom. The molecule has 1 amide bonds. The van der Waals surface area contributed by atoms with Crippen molar-refractivity contribution in [2.45, 2.75) is 49.6 Å². The molecule has 1 aliphatic heterocycles. The van der Waals surface area contributed by atoms with Crippen LogP contribution in [0, 0.1) is 5.92 Å². The van der Waals surface area contributed by atoms with E-state index in [-0.39, 0.29) is 23.4 Å². The van der Waals surface area contributed by atoms with Crippen molar-refractivity contribution in [3.05, 3.63) is 30.3 Å².